The fourth-order valence-corrected chi connectivity index (χ4v) is 3.08. The smallest absolute Gasteiger partial charge is 0.257 e. The molecule has 0 aliphatic carbocycles. The molecule has 0 saturated heterocycles. The quantitative estimate of drug-likeness (QED) is 0.766. The van der Waals surface area contributed by atoms with Gasteiger partial charge in [-0.2, -0.15) is 0 Å². The molecule has 0 atom stereocenters. The van der Waals surface area contributed by atoms with E-state index < -0.39 is 0 Å². The van der Waals surface area contributed by atoms with Crippen LogP contribution in [0.25, 0.3) is 10.2 Å². The first-order valence-corrected chi connectivity index (χ1v) is 7.20. The van der Waals surface area contributed by atoms with Gasteiger partial charge in [0.25, 0.3) is 5.91 Å². The van der Waals surface area contributed by atoms with Crippen molar-refractivity contribution < 1.29 is 4.79 Å². The minimum Gasteiger partial charge on any atom is -0.298 e. The maximum absolute atomic E-state index is 12.1. The van der Waals surface area contributed by atoms with Crippen molar-refractivity contribution in [1.82, 2.24) is 4.98 Å². The first-order valence-electron chi connectivity index (χ1n) is 6.38. The van der Waals surface area contributed by atoms with E-state index in [1.165, 1.54) is 16.9 Å². The van der Waals surface area contributed by atoms with Crippen LogP contribution in [0, 0.1) is 13.8 Å². The molecule has 1 amide bonds. The molecule has 4 heteroatoms. The minimum atomic E-state index is -0.125. The van der Waals surface area contributed by atoms with Crippen molar-refractivity contribution in [3.63, 3.8) is 0 Å². The average Bonchev–Trinajstić information content (AvgIpc) is 2.89. The van der Waals surface area contributed by atoms with Gasteiger partial charge in [-0.15, -0.1) is 0 Å². The van der Waals surface area contributed by atoms with E-state index in [1.807, 2.05) is 25.1 Å². The second-order valence-corrected chi connectivity index (χ2v) is 5.72. The molecule has 3 aromatic rings. The monoisotopic (exact) mass is 282 g/mol. The van der Waals surface area contributed by atoms with Crippen LogP contribution in [0.5, 0.6) is 0 Å². The highest BCUT2D eigenvalue weighted by Gasteiger charge is 2.11. The fraction of sp³-hybridized carbons (Fsp3) is 0.125. The normalized spacial score (nSPS) is 10.7. The average molecular weight is 282 g/mol. The standard InChI is InChI=1S/C16H14N2OS/c1-10-8-9-11(2)14-13(10)17-16(20-14)18-15(19)12-6-4-3-5-7-12/h3-9H,1-2H3,(H,17,18,19). The number of hydrogen-bond donors (Lipinski definition) is 1. The number of nitrogens with zero attached hydrogens (tertiary/aromatic N) is 1. The predicted octanol–water partition coefficient (Wildman–Crippen LogP) is 4.17. The molecule has 0 aliphatic heterocycles. The van der Waals surface area contributed by atoms with Crippen molar-refractivity contribution in [2.45, 2.75) is 13.8 Å². The first kappa shape index (κ1) is 12.8. The number of carbonyl (C=O) groups is 1. The van der Waals surface area contributed by atoms with Crippen LogP contribution in [-0.4, -0.2) is 10.9 Å². The largest absolute Gasteiger partial charge is 0.298 e. The summed E-state index contributed by atoms with van der Waals surface area (Å²) in [7, 11) is 0. The molecule has 20 heavy (non-hydrogen) atoms. The molecule has 3 nitrogen and oxygen atoms in total. The molecular formula is C16H14N2OS. The van der Waals surface area contributed by atoms with Gasteiger partial charge in [0.15, 0.2) is 5.13 Å². The number of rotatable bonds is 2. The lowest BCUT2D eigenvalue weighted by Gasteiger charge is -2.00. The van der Waals surface area contributed by atoms with Gasteiger partial charge in [-0.25, -0.2) is 4.98 Å². The molecule has 1 heterocycles. The maximum Gasteiger partial charge on any atom is 0.257 e. The SMILES string of the molecule is Cc1ccc(C)c2sc(NC(=O)c3ccccc3)nc12. The third kappa shape index (κ3) is 2.30. The summed E-state index contributed by atoms with van der Waals surface area (Å²) in [6.45, 7) is 4.09. The minimum absolute atomic E-state index is 0.125. The van der Waals surface area contributed by atoms with Crippen LogP contribution in [0.1, 0.15) is 21.5 Å². The summed E-state index contributed by atoms with van der Waals surface area (Å²) >= 11 is 1.52. The molecule has 2 aromatic carbocycles. The number of aryl methyl sites for hydroxylation is 2. The predicted molar refractivity (Wildman–Crippen MR) is 83.5 cm³/mol. The first-order chi connectivity index (χ1) is 9.65. The second kappa shape index (κ2) is 5.06. The summed E-state index contributed by atoms with van der Waals surface area (Å²) in [5, 5.41) is 3.52. The Hall–Kier alpha value is -2.20. The molecule has 0 unspecified atom stereocenters. The van der Waals surface area contributed by atoms with Crippen LogP contribution < -0.4 is 5.32 Å². The lowest BCUT2D eigenvalue weighted by atomic mass is 10.1. The molecule has 100 valence electrons. The molecule has 3 rings (SSSR count). The van der Waals surface area contributed by atoms with Gasteiger partial charge in [0.2, 0.25) is 0 Å². The van der Waals surface area contributed by atoms with E-state index in [4.69, 9.17) is 0 Å². The molecule has 0 bridgehead atoms. The zero-order valence-electron chi connectivity index (χ0n) is 11.3. The summed E-state index contributed by atoms with van der Waals surface area (Å²) < 4.78 is 1.13. The highest BCUT2D eigenvalue weighted by molar-refractivity contribution is 7.22. The van der Waals surface area contributed by atoms with E-state index >= 15 is 0 Å². The number of carbonyl (C=O) groups excluding carboxylic acids is 1. The fourth-order valence-electron chi connectivity index (χ4n) is 2.07. The Bertz CT molecular complexity index is 739. The molecule has 0 aliphatic rings. The van der Waals surface area contributed by atoms with Gasteiger partial charge in [0.05, 0.1) is 10.2 Å². The van der Waals surface area contributed by atoms with Gasteiger partial charge in [-0.05, 0) is 37.1 Å². The Balaban J connectivity index is 1.94. The van der Waals surface area contributed by atoms with Crippen LogP contribution in [0.2, 0.25) is 0 Å². The van der Waals surface area contributed by atoms with Gasteiger partial charge in [-0.1, -0.05) is 41.7 Å². The Labute approximate surface area is 121 Å². The number of nitrogens with one attached hydrogen (secondary N) is 1. The number of benzene rings is 2. The lowest BCUT2D eigenvalue weighted by Crippen LogP contribution is -2.11. The Morgan fingerprint density at radius 3 is 2.45 bits per heavy atom. The molecular weight excluding hydrogens is 268 g/mol. The Kier molecular flexibility index (Phi) is 3.24. The van der Waals surface area contributed by atoms with E-state index in [9.17, 15) is 4.79 Å². The topological polar surface area (TPSA) is 42.0 Å². The third-order valence-electron chi connectivity index (χ3n) is 3.20. The van der Waals surface area contributed by atoms with Crippen LogP contribution in [0.3, 0.4) is 0 Å². The van der Waals surface area contributed by atoms with Gasteiger partial charge in [0, 0.05) is 5.56 Å². The van der Waals surface area contributed by atoms with Crippen molar-refractivity contribution >= 4 is 32.6 Å². The third-order valence-corrected chi connectivity index (χ3v) is 4.30. The number of aromatic nitrogens is 1. The van der Waals surface area contributed by atoms with E-state index in [0.717, 1.165) is 15.8 Å². The number of hydrogen-bond acceptors (Lipinski definition) is 3. The summed E-state index contributed by atoms with van der Waals surface area (Å²) in [6.07, 6.45) is 0. The van der Waals surface area contributed by atoms with Gasteiger partial charge in [-0.3, -0.25) is 10.1 Å². The summed E-state index contributed by atoms with van der Waals surface area (Å²) in [6, 6.07) is 13.3. The van der Waals surface area contributed by atoms with Crippen molar-refractivity contribution in [3.05, 3.63) is 59.2 Å². The van der Waals surface area contributed by atoms with E-state index in [1.54, 1.807) is 12.1 Å². The van der Waals surface area contributed by atoms with Gasteiger partial charge in [0.1, 0.15) is 0 Å². The van der Waals surface area contributed by atoms with E-state index in [2.05, 4.69) is 29.4 Å². The number of amides is 1. The van der Waals surface area contributed by atoms with E-state index in [0.29, 0.717) is 10.7 Å². The highest BCUT2D eigenvalue weighted by Crippen LogP contribution is 2.31. The van der Waals surface area contributed by atoms with Crippen LogP contribution in [-0.2, 0) is 0 Å². The highest BCUT2D eigenvalue weighted by atomic mass is 32.1. The summed E-state index contributed by atoms with van der Waals surface area (Å²) in [4.78, 5) is 16.6. The lowest BCUT2D eigenvalue weighted by molar-refractivity contribution is 0.102. The van der Waals surface area contributed by atoms with Crippen molar-refractivity contribution in [3.8, 4) is 0 Å². The number of fused-ring (bicyclic) bond motifs is 1. The van der Waals surface area contributed by atoms with E-state index in [-0.39, 0.29) is 5.91 Å². The van der Waals surface area contributed by atoms with Crippen molar-refractivity contribution in [1.29, 1.82) is 0 Å². The molecule has 1 N–H and O–H groups in total. The second-order valence-electron chi connectivity index (χ2n) is 4.72. The summed E-state index contributed by atoms with van der Waals surface area (Å²) in [5.74, 6) is -0.125. The van der Waals surface area contributed by atoms with Gasteiger partial charge >= 0.3 is 0 Å². The van der Waals surface area contributed by atoms with Crippen LogP contribution >= 0.6 is 11.3 Å². The Morgan fingerprint density at radius 1 is 1.05 bits per heavy atom. The zero-order chi connectivity index (χ0) is 14.1. The molecule has 0 radical (unpaired) electrons. The Morgan fingerprint density at radius 2 is 1.75 bits per heavy atom. The molecule has 0 saturated carbocycles. The van der Waals surface area contributed by atoms with Gasteiger partial charge < -0.3 is 0 Å². The zero-order valence-corrected chi connectivity index (χ0v) is 12.1. The van der Waals surface area contributed by atoms with Crippen LogP contribution in [0.15, 0.2) is 42.5 Å². The number of anilines is 1. The van der Waals surface area contributed by atoms with Crippen LogP contribution in [0.4, 0.5) is 5.13 Å². The van der Waals surface area contributed by atoms with Crippen molar-refractivity contribution in [2.75, 3.05) is 5.32 Å². The number of thiazole rings is 1. The summed E-state index contributed by atoms with van der Waals surface area (Å²) in [5.41, 5.74) is 3.92. The molecule has 0 spiro atoms. The molecule has 0 fully saturated rings. The maximum atomic E-state index is 12.1. The molecule has 1 aromatic heterocycles. The van der Waals surface area contributed by atoms with Crippen molar-refractivity contribution in [2.24, 2.45) is 0 Å².